The molecule has 0 amide bonds. The highest BCUT2D eigenvalue weighted by molar-refractivity contribution is 5.81. The summed E-state index contributed by atoms with van der Waals surface area (Å²) in [6.07, 6.45) is 1.79. The Kier molecular flexibility index (Phi) is 3.71. The van der Waals surface area contributed by atoms with E-state index in [-0.39, 0.29) is 0 Å². The van der Waals surface area contributed by atoms with E-state index in [4.69, 9.17) is 10.5 Å². The number of nitrogens with zero attached hydrogens (tertiary/aromatic N) is 1. The highest BCUT2D eigenvalue weighted by Gasteiger charge is 1.94. The van der Waals surface area contributed by atoms with Gasteiger partial charge in [-0.1, -0.05) is 0 Å². The predicted molar refractivity (Wildman–Crippen MR) is 38.2 cm³/mol. The zero-order chi connectivity index (χ0) is 7.28. The first-order chi connectivity index (χ1) is 4.22. The van der Waals surface area contributed by atoms with Gasteiger partial charge in [-0.15, -0.1) is 0 Å². The monoisotopic (exact) mass is 127 g/mol. The molecular formula is C6H11N2O-. The van der Waals surface area contributed by atoms with Crippen LogP contribution in [-0.4, -0.2) is 24.5 Å². The van der Waals surface area contributed by atoms with Crippen LogP contribution in [0.3, 0.4) is 0 Å². The lowest BCUT2D eigenvalue weighted by Gasteiger charge is -2.06. The minimum absolute atomic E-state index is 0.470. The standard InChI is InChI=1S/C6H11N2O/c1-5(9)6(3-7)4-8-2/h3-5,8-9H,1-2H3/q-1/b6-4+. The normalized spacial score (nSPS) is 14.8. The molecule has 0 radical (unpaired) electrons. The number of aliphatic hydroxyl groups is 1. The molecule has 1 atom stereocenters. The highest BCUT2D eigenvalue weighted by Crippen LogP contribution is 1.94. The zero-order valence-electron chi connectivity index (χ0n) is 5.63. The van der Waals surface area contributed by atoms with E-state index in [1.54, 1.807) is 14.0 Å². The van der Waals surface area contributed by atoms with Gasteiger partial charge in [0.25, 0.3) is 0 Å². The third kappa shape index (κ3) is 2.87. The average molecular weight is 127 g/mol. The van der Waals surface area contributed by atoms with Gasteiger partial charge < -0.3 is 15.8 Å². The molecule has 0 fully saturated rings. The van der Waals surface area contributed by atoms with Crippen molar-refractivity contribution in [2.24, 2.45) is 0 Å². The first-order valence-corrected chi connectivity index (χ1v) is 2.75. The van der Waals surface area contributed by atoms with Gasteiger partial charge in [0.05, 0.1) is 6.10 Å². The second-order valence-corrected chi connectivity index (χ2v) is 1.74. The molecule has 0 spiro atoms. The fourth-order valence-electron chi connectivity index (χ4n) is 0.432. The van der Waals surface area contributed by atoms with Gasteiger partial charge in [-0.05, 0) is 12.5 Å². The van der Waals surface area contributed by atoms with Gasteiger partial charge in [-0.3, -0.25) is 0 Å². The Morgan fingerprint density at radius 3 is 2.44 bits per heavy atom. The summed E-state index contributed by atoms with van der Waals surface area (Å²) in [5.41, 5.74) is 0.470. The van der Waals surface area contributed by atoms with E-state index in [2.05, 4.69) is 5.32 Å². The maximum Gasteiger partial charge on any atom is 0.0757 e. The fourth-order valence-corrected chi connectivity index (χ4v) is 0.432. The molecule has 0 aromatic carbocycles. The third-order valence-corrected chi connectivity index (χ3v) is 0.942. The SMILES string of the molecule is CN/C=C(\C=[N-])C(C)O. The average Bonchev–Trinajstić information content (AvgIpc) is 1.82. The summed E-state index contributed by atoms with van der Waals surface area (Å²) in [7, 11) is 1.70. The van der Waals surface area contributed by atoms with Crippen LogP contribution in [0.1, 0.15) is 6.92 Å². The second-order valence-electron chi connectivity index (χ2n) is 1.74. The molecule has 1 unspecified atom stereocenters. The number of nitrogens with one attached hydrogen (secondary N) is 1. The van der Waals surface area contributed by atoms with E-state index < -0.39 is 6.10 Å². The summed E-state index contributed by atoms with van der Waals surface area (Å²) in [5.74, 6) is 0. The van der Waals surface area contributed by atoms with Gasteiger partial charge in [-0.25, -0.2) is 0 Å². The van der Waals surface area contributed by atoms with Crippen molar-refractivity contribution in [3.8, 4) is 0 Å². The first-order valence-electron chi connectivity index (χ1n) is 2.75. The number of aliphatic hydroxyl groups excluding tert-OH is 1. The van der Waals surface area contributed by atoms with Gasteiger partial charge in [0.2, 0.25) is 0 Å². The lowest BCUT2D eigenvalue weighted by atomic mass is 10.2. The van der Waals surface area contributed by atoms with Crippen LogP contribution < -0.4 is 5.32 Å². The van der Waals surface area contributed by atoms with Crippen LogP contribution in [0.4, 0.5) is 0 Å². The molecule has 0 aliphatic rings. The Hall–Kier alpha value is -0.830. The third-order valence-electron chi connectivity index (χ3n) is 0.942. The van der Waals surface area contributed by atoms with Crippen molar-refractivity contribution in [1.29, 1.82) is 0 Å². The van der Waals surface area contributed by atoms with Crippen LogP contribution in [-0.2, 0) is 0 Å². The van der Waals surface area contributed by atoms with E-state index in [9.17, 15) is 0 Å². The summed E-state index contributed by atoms with van der Waals surface area (Å²) in [6.45, 7) is 1.58. The van der Waals surface area contributed by atoms with Gasteiger partial charge in [0.15, 0.2) is 0 Å². The van der Waals surface area contributed by atoms with E-state index in [1.165, 1.54) is 6.20 Å². The van der Waals surface area contributed by atoms with E-state index in [1.807, 2.05) is 0 Å². The highest BCUT2D eigenvalue weighted by atomic mass is 16.3. The van der Waals surface area contributed by atoms with Crippen LogP contribution in [0.2, 0.25) is 0 Å². The van der Waals surface area contributed by atoms with E-state index >= 15 is 0 Å². The summed E-state index contributed by atoms with van der Waals surface area (Å²) in [4.78, 5) is 0. The summed E-state index contributed by atoms with van der Waals surface area (Å²) < 4.78 is 0. The molecule has 0 saturated heterocycles. The van der Waals surface area contributed by atoms with Crippen molar-refractivity contribution in [1.82, 2.24) is 5.32 Å². The quantitative estimate of drug-likeness (QED) is 0.529. The lowest BCUT2D eigenvalue weighted by Crippen LogP contribution is -2.08. The molecule has 3 heteroatoms. The molecule has 3 nitrogen and oxygen atoms in total. The van der Waals surface area contributed by atoms with Crippen molar-refractivity contribution < 1.29 is 5.11 Å². The number of hydrogen-bond donors (Lipinski definition) is 2. The minimum Gasteiger partial charge on any atom is -0.810 e. The van der Waals surface area contributed by atoms with E-state index in [0.29, 0.717) is 5.57 Å². The van der Waals surface area contributed by atoms with Crippen LogP contribution in [0.25, 0.3) is 5.41 Å². The molecule has 0 aliphatic carbocycles. The van der Waals surface area contributed by atoms with Crippen LogP contribution in [0.5, 0.6) is 0 Å². The van der Waals surface area contributed by atoms with Crippen molar-refractivity contribution in [3.05, 3.63) is 17.2 Å². The molecule has 0 aliphatic heterocycles. The first kappa shape index (κ1) is 8.17. The minimum atomic E-state index is -0.623. The van der Waals surface area contributed by atoms with Crippen molar-refractivity contribution >= 4 is 6.21 Å². The van der Waals surface area contributed by atoms with E-state index in [0.717, 1.165) is 6.21 Å². The largest absolute Gasteiger partial charge is 0.810 e. The Morgan fingerprint density at radius 1 is 1.78 bits per heavy atom. The Bertz CT molecular complexity index is 118. The van der Waals surface area contributed by atoms with Gasteiger partial charge in [-0.2, -0.15) is 6.21 Å². The molecule has 0 aromatic heterocycles. The van der Waals surface area contributed by atoms with Crippen LogP contribution in [0, 0.1) is 0 Å². The Balaban J connectivity index is 3.97. The molecule has 0 heterocycles. The molecule has 0 rings (SSSR count). The van der Waals surface area contributed by atoms with Gasteiger partial charge >= 0.3 is 0 Å². The second kappa shape index (κ2) is 4.09. The maximum atomic E-state index is 8.84. The predicted octanol–water partition coefficient (Wildman–Crippen LogP) is 0.111. The Labute approximate surface area is 54.9 Å². The van der Waals surface area contributed by atoms with Crippen LogP contribution in [0.15, 0.2) is 11.8 Å². The number of rotatable bonds is 3. The molecule has 0 saturated carbocycles. The van der Waals surface area contributed by atoms with Crippen molar-refractivity contribution in [2.75, 3.05) is 7.05 Å². The van der Waals surface area contributed by atoms with Crippen LogP contribution >= 0.6 is 0 Å². The van der Waals surface area contributed by atoms with Gasteiger partial charge in [0, 0.05) is 13.2 Å². The zero-order valence-corrected chi connectivity index (χ0v) is 5.63. The molecule has 52 valence electrons. The molecule has 2 N–H and O–H groups in total. The number of hydrogen-bond acceptors (Lipinski definition) is 2. The maximum absolute atomic E-state index is 8.84. The smallest absolute Gasteiger partial charge is 0.0757 e. The molecular weight excluding hydrogens is 116 g/mol. The molecule has 0 bridgehead atoms. The molecule has 0 aromatic rings. The summed E-state index contributed by atoms with van der Waals surface area (Å²) in [6, 6.07) is 0. The topological polar surface area (TPSA) is 54.6 Å². The van der Waals surface area contributed by atoms with Gasteiger partial charge in [0.1, 0.15) is 0 Å². The van der Waals surface area contributed by atoms with Crippen molar-refractivity contribution in [3.63, 3.8) is 0 Å². The lowest BCUT2D eigenvalue weighted by molar-refractivity contribution is 0.238. The van der Waals surface area contributed by atoms with Crippen molar-refractivity contribution in [2.45, 2.75) is 13.0 Å². The fraction of sp³-hybridized carbons (Fsp3) is 0.500. The summed E-state index contributed by atoms with van der Waals surface area (Å²) >= 11 is 0. The molecule has 9 heavy (non-hydrogen) atoms. The summed E-state index contributed by atoms with van der Waals surface area (Å²) in [5, 5.41) is 20.0. The Morgan fingerprint density at radius 2 is 2.33 bits per heavy atom.